The van der Waals surface area contributed by atoms with Crippen LogP contribution in [0.5, 0.6) is 0 Å². The summed E-state index contributed by atoms with van der Waals surface area (Å²) in [4.78, 5) is 11.2. The first-order valence-corrected chi connectivity index (χ1v) is 4.11. The summed E-state index contributed by atoms with van der Waals surface area (Å²) in [5.41, 5.74) is 0. The highest BCUT2D eigenvalue weighted by Crippen LogP contribution is 2.29. The van der Waals surface area contributed by atoms with Crippen molar-refractivity contribution in [1.82, 2.24) is 5.32 Å². The van der Waals surface area contributed by atoms with E-state index in [1.54, 1.807) is 0 Å². The summed E-state index contributed by atoms with van der Waals surface area (Å²) in [5.74, 6) is 1.57. The summed E-state index contributed by atoms with van der Waals surface area (Å²) in [6.45, 7) is 2.03. The molecule has 0 radical (unpaired) electrons. The highest BCUT2D eigenvalue weighted by Gasteiger charge is 2.34. The number of nitrogens with one attached hydrogen (secondary N) is 1. The number of carbonyl (C=O) groups excluding carboxylic acids is 1. The summed E-state index contributed by atoms with van der Waals surface area (Å²) in [6, 6.07) is 0. The lowest BCUT2D eigenvalue weighted by molar-refractivity contribution is -0.125. The molecule has 1 unspecified atom stereocenters. The quantitative estimate of drug-likeness (QED) is 0.531. The predicted molar refractivity (Wildman–Crippen MR) is 38.7 cm³/mol. The highest BCUT2D eigenvalue weighted by molar-refractivity contribution is 5.82. The van der Waals surface area contributed by atoms with Gasteiger partial charge in [0.25, 0.3) is 0 Å². The van der Waals surface area contributed by atoms with E-state index < -0.39 is 0 Å². The van der Waals surface area contributed by atoms with E-state index >= 15 is 0 Å². The maximum atomic E-state index is 11.2. The van der Waals surface area contributed by atoms with Crippen LogP contribution in [-0.4, -0.2) is 18.9 Å². The molecule has 2 rings (SSSR count). The molecular weight excluding hydrogens is 126 g/mol. The fourth-order valence-electron chi connectivity index (χ4n) is 2.14. The van der Waals surface area contributed by atoms with Crippen LogP contribution in [0.4, 0.5) is 0 Å². The summed E-state index contributed by atoms with van der Waals surface area (Å²) in [6.07, 6.45) is 3.23. The zero-order valence-corrected chi connectivity index (χ0v) is 6.10. The largest absolute Gasteiger partial charge is 0.316 e. The van der Waals surface area contributed by atoms with Crippen LogP contribution in [0.3, 0.4) is 0 Å². The standard InChI is InChI=1S/C8H13NO/c10-8-3-1-2-6-4-9-5-7(6)8/h6-7,9H,1-5H2/t6-,7?/m1/s1. The molecule has 1 heterocycles. The van der Waals surface area contributed by atoms with Crippen molar-refractivity contribution < 1.29 is 4.79 Å². The SMILES string of the molecule is O=C1CCC[C@@H]2CNCC12. The van der Waals surface area contributed by atoms with E-state index in [0.717, 1.165) is 25.9 Å². The molecule has 1 aliphatic heterocycles. The summed E-state index contributed by atoms with van der Waals surface area (Å²) >= 11 is 0. The summed E-state index contributed by atoms with van der Waals surface area (Å²) < 4.78 is 0. The van der Waals surface area contributed by atoms with Gasteiger partial charge in [-0.05, 0) is 25.3 Å². The minimum Gasteiger partial charge on any atom is -0.316 e. The van der Waals surface area contributed by atoms with Gasteiger partial charge in [0.1, 0.15) is 5.78 Å². The van der Waals surface area contributed by atoms with Gasteiger partial charge in [0.2, 0.25) is 0 Å². The average molecular weight is 139 g/mol. The van der Waals surface area contributed by atoms with Gasteiger partial charge in [0.05, 0.1) is 0 Å². The topological polar surface area (TPSA) is 29.1 Å². The summed E-state index contributed by atoms with van der Waals surface area (Å²) in [7, 11) is 0. The molecule has 1 aliphatic carbocycles. The minimum absolute atomic E-state index is 0.383. The Morgan fingerprint density at radius 2 is 2.30 bits per heavy atom. The molecule has 0 aromatic carbocycles. The maximum absolute atomic E-state index is 11.2. The molecule has 56 valence electrons. The van der Waals surface area contributed by atoms with Crippen molar-refractivity contribution in [1.29, 1.82) is 0 Å². The molecular formula is C8H13NO. The van der Waals surface area contributed by atoms with E-state index in [1.165, 1.54) is 6.42 Å². The lowest BCUT2D eigenvalue weighted by Gasteiger charge is -2.21. The van der Waals surface area contributed by atoms with Crippen LogP contribution in [0.2, 0.25) is 0 Å². The molecule has 2 fully saturated rings. The van der Waals surface area contributed by atoms with Gasteiger partial charge in [0.15, 0.2) is 0 Å². The zero-order valence-electron chi connectivity index (χ0n) is 6.10. The van der Waals surface area contributed by atoms with Gasteiger partial charge in [-0.3, -0.25) is 4.79 Å². The number of Topliss-reactive ketones (excluding diaryl/α,β-unsaturated/α-hetero) is 1. The Labute approximate surface area is 61.0 Å². The average Bonchev–Trinajstić information content (AvgIpc) is 2.36. The van der Waals surface area contributed by atoms with Crippen LogP contribution in [0.25, 0.3) is 0 Å². The van der Waals surface area contributed by atoms with Crippen molar-refractivity contribution in [2.24, 2.45) is 11.8 Å². The van der Waals surface area contributed by atoms with Crippen LogP contribution >= 0.6 is 0 Å². The molecule has 10 heavy (non-hydrogen) atoms. The second-order valence-electron chi connectivity index (χ2n) is 3.38. The van der Waals surface area contributed by atoms with Crippen molar-refractivity contribution in [2.75, 3.05) is 13.1 Å². The molecule has 2 atom stereocenters. The number of hydrogen-bond acceptors (Lipinski definition) is 2. The number of carbonyl (C=O) groups is 1. The van der Waals surface area contributed by atoms with Gasteiger partial charge in [-0.1, -0.05) is 0 Å². The number of rotatable bonds is 0. The Hall–Kier alpha value is -0.370. The van der Waals surface area contributed by atoms with Crippen LogP contribution < -0.4 is 5.32 Å². The molecule has 0 bridgehead atoms. The monoisotopic (exact) mass is 139 g/mol. The molecule has 2 aliphatic rings. The molecule has 2 heteroatoms. The first kappa shape index (κ1) is 6.35. The van der Waals surface area contributed by atoms with E-state index in [4.69, 9.17) is 0 Å². The molecule has 2 nitrogen and oxygen atoms in total. The van der Waals surface area contributed by atoms with Crippen LogP contribution in [0, 0.1) is 11.8 Å². The number of ketones is 1. The van der Waals surface area contributed by atoms with Crippen molar-refractivity contribution in [2.45, 2.75) is 19.3 Å². The Morgan fingerprint density at radius 3 is 3.10 bits per heavy atom. The Kier molecular flexibility index (Phi) is 1.49. The van der Waals surface area contributed by atoms with E-state index in [1.807, 2.05) is 0 Å². The van der Waals surface area contributed by atoms with E-state index in [9.17, 15) is 4.79 Å². The second-order valence-corrected chi connectivity index (χ2v) is 3.38. The number of fused-ring (bicyclic) bond motifs is 1. The highest BCUT2D eigenvalue weighted by atomic mass is 16.1. The fourth-order valence-corrected chi connectivity index (χ4v) is 2.14. The predicted octanol–water partition coefficient (Wildman–Crippen LogP) is 0.575. The van der Waals surface area contributed by atoms with Gasteiger partial charge in [-0.25, -0.2) is 0 Å². The van der Waals surface area contributed by atoms with Crippen molar-refractivity contribution >= 4 is 5.78 Å². The number of hydrogen-bond donors (Lipinski definition) is 1. The third-order valence-electron chi connectivity index (χ3n) is 2.75. The van der Waals surface area contributed by atoms with Gasteiger partial charge < -0.3 is 5.32 Å². The second kappa shape index (κ2) is 2.35. The fraction of sp³-hybridized carbons (Fsp3) is 0.875. The van der Waals surface area contributed by atoms with Gasteiger partial charge in [-0.15, -0.1) is 0 Å². The van der Waals surface area contributed by atoms with E-state index in [2.05, 4.69) is 5.32 Å². The smallest absolute Gasteiger partial charge is 0.137 e. The Morgan fingerprint density at radius 1 is 1.40 bits per heavy atom. The molecule has 1 N–H and O–H groups in total. The minimum atomic E-state index is 0.383. The van der Waals surface area contributed by atoms with Crippen LogP contribution in [-0.2, 0) is 4.79 Å². The first-order chi connectivity index (χ1) is 4.88. The Bertz CT molecular complexity index is 155. The van der Waals surface area contributed by atoms with Gasteiger partial charge in [0, 0.05) is 18.9 Å². The van der Waals surface area contributed by atoms with Gasteiger partial charge >= 0.3 is 0 Å². The molecule has 0 aromatic rings. The molecule has 1 saturated carbocycles. The molecule has 0 aromatic heterocycles. The van der Waals surface area contributed by atoms with Crippen LogP contribution in [0.1, 0.15) is 19.3 Å². The molecule has 0 spiro atoms. The van der Waals surface area contributed by atoms with Crippen molar-refractivity contribution in [3.05, 3.63) is 0 Å². The lowest BCUT2D eigenvalue weighted by Crippen LogP contribution is -2.26. The Balaban J connectivity index is 2.10. The van der Waals surface area contributed by atoms with Crippen molar-refractivity contribution in [3.63, 3.8) is 0 Å². The molecule has 0 amide bonds. The normalized spacial score (nSPS) is 39.8. The summed E-state index contributed by atoms with van der Waals surface area (Å²) in [5, 5.41) is 3.27. The third kappa shape index (κ3) is 0.870. The van der Waals surface area contributed by atoms with Crippen LogP contribution in [0.15, 0.2) is 0 Å². The van der Waals surface area contributed by atoms with E-state index in [0.29, 0.717) is 17.6 Å². The lowest BCUT2D eigenvalue weighted by atomic mass is 9.81. The first-order valence-electron chi connectivity index (χ1n) is 4.11. The van der Waals surface area contributed by atoms with Gasteiger partial charge in [-0.2, -0.15) is 0 Å². The third-order valence-corrected chi connectivity index (χ3v) is 2.75. The van der Waals surface area contributed by atoms with E-state index in [-0.39, 0.29) is 0 Å². The molecule has 1 saturated heterocycles. The van der Waals surface area contributed by atoms with Crippen molar-refractivity contribution in [3.8, 4) is 0 Å². The maximum Gasteiger partial charge on any atom is 0.137 e. The zero-order chi connectivity index (χ0) is 6.97.